The lowest BCUT2D eigenvalue weighted by Gasteiger charge is -2.17. The molecule has 0 aliphatic carbocycles. The van der Waals surface area contributed by atoms with Gasteiger partial charge in [0.2, 0.25) is 0 Å². The average molecular weight is 387 g/mol. The molecule has 0 rings (SSSR count). The Kier molecular flexibility index (Phi) is 16.8. The van der Waals surface area contributed by atoms with Crippen LogP contribution in [0.15, 0.2) is 0 Å². The number of unbranched alkanes of at least 4 members (excludes halogenated alkanes) is 8. The molecule has 0 heterocycles. The quantitative estimate of drug-likeness (QED) is 0.204. The van der Waals surface area contributed by atoms with Crippen molar-refractivity contribution in [3.63, 3.8) is 0 Å². The Hall–Kier alpha value is -1.59. The predicted octanol–water partition coefficient (Wildman–Crippen LogP) is 4.73. The first-order valence-electron chi connectivity index (χ1n) is 10.5. The molecule has 0 saturated carbocycles. The van der Waals surface area contributed by atoms with Crippen LogP contribution in [0.3, 0.4) is 0 Å². The summed E-state index contributed by atoms with van der Waals surface area (Å²) in [5, 5.41) is 0. The second kappa shape index (κ2) is 17.8. The van der Waals surface area contributed by atoms with Gasteiger partial charge in [0.15, 0.2) is 6.10 Å². The van der Waals surface area contributed by atoms with E-state index in [1.807, 2.05) is 0 Å². The molecule has 0 radical (unpaired) electrons. The van der Waals surface area contributed by atoms with Gasteiger partial charge in [0.1, 0.15) is 13.2 Å². The molecule has 0 amide bonds. The van der Waals surface area contributed by atoms with E-state index in [-0.39, 0.29) is 25.2 Å². The third-order valence-corrected chi connectivity index (χ3v) is 4.16. The fraction of sp³-hybridized carbons (Fsp3) is 0.857. The Bertz CT molecular complexity index is 377. The lowest BCUT2D eigenvalue weighted by molar-refractivity contribution is -0.165. The van der Waals surface area contributed by atoms with Crippen LogP contribution < -0.4 is 0 Å². The molecule has 0 spiro atoms. The van der Waals surface area contributed by atoms with Crippen molar-refractivity contribution < 1.29 is 28.6 Å². The van der Waals surface area contributed by atoms with Gasteiger partial charge in [0.25, 0.3) is 0 Å². The highest BCUT2D eigenvalue weighted by Crippen LogP contribution is 2.08. The van der Waals surface area contributed by atoms with E-state index in [2.05, 4.69) is 13.8 Å². The van der Waals surface area contributed by atoms with Gasteiger partial charge in [0.05, 0.1) is 0 Å². The number of hydrogen-bond acceptors (Lipinski definition) is 6. The molecule has 27 heavy (non-hydrogen) atoms. The van der Waals surface area contributed by atoms with E-state index in [1.165, 1.54) is 19.8 Å². The molecule has 0 aliphatic heterocycles. The summed E-state index contributed by atoms with van der Waals surface area (Å²) in [6.07, 6.45) is 10.5. The van der Waals surface area contributed by atoms with Gasteiger partial charge in [-0.05, 0) is 12.8 Å². The zero-order valence-electron chi connectivity index (χ0n) is 17.4. The minimum atomic E-state index is -0.754. The number of hydrogen-bond donors (Lipinski definition) is 0. The minimum Gasteiger partial charge on any atom is -0.462 e. The standard InChI is InChI=1S/C21H38O6/c1-4-6-8-10-12-14-20(23)25-16-19(27-18(3)22)17-26-21(24)15-13-11-9-7-5-2/h19H,4-17H2,1-3H3. The van der Waals surface area contributed by atoms with Crippen LogP contribution in [-0.2, 0) is 28.6 Å². The Balaban J connectivity index is 4.00. The Labute approximate surface area is 164 Å². The minimum absolute atomic E-state index is 0.0862. The van der Waals surface area contributed by atoms with Crippen LogP contribution in [-0.4, -0.2) is 37.2 Å². The van der Waals surface area contributed by atoms with Crippen molar-refractivity contribution in [2.45, 2.75) is 104 Å². The van der Waals surface area contributed by atoms with Gasteiger partial charge in [-0.15, -0.1) is 0 Å². The van der Waals surface area contributed by atoms with E-state index >= 15 is 0 Å². The fourth-order valence-corrected chi connectivity index (χ4v) is 2.61. The van der Waals surface area contributed by atoms with E-state index in [1.54, 1.807) is 0 Å². The number of esters is 3. The van der Waals surface area contributed by atoms with Gasteiger partial charge in [-0.2, -0.15) is 0 Å². The lowest BCUT2D eigenvalue weighted by atomic mass is 10.1. The second-order valence-electron chi connectivity index (χ2n) is 6.93. The van der Waals surface area contributed by atoms with Crippen molar-refractivity contribution >= 4 is 17.9 Å². The van der Waals surface area contributed by atoms with Crippen LogP contribution >= 0.6 is 0 Å². The van der Waals surface area contributed by atoms with Gasteiger partial charge in [-0.1, -0.05) is 65.2 Å². The summed E-state index contributed by atoms with van der Waals surface area (Å²) in [5.74, 6) is -1.12. The molecule has 0 aromatic rings. The first-order chi connectivity index (χ1) is 13.0. The van der Waals surface area contributed by atoms with E-state index in [9.17, 15) is 14.4 Å². The maximum absolute atomic E-state index is 11.8. The van der Waals surface area contributed by atoms with Crippen molar-refractivity contribution in [3.05, 3.63) is 0 Å². The van der Waals surface area contributed by atoms with Crippen LogP contribution in [0.1, 0.15) is 97.8 Å². The molecule has 0 bridgehead atoms. The molecule has 158 valence electrons. The molecule has 6 heteroatoms. The first kappa shape index (κ1) is 25.4. The van der Waals surface area contributed by atoms with Crippen molar-refractivity contribution in [2.75, 3.05) is 13.2 Å². The zero-order valence-corrected chi connectivity index (χ0v) is 17.4. The van der Waals surface area contributed by atoms with Crippen LogP contribution in [0.2, 0.25) is 0 Å². The van der Waals surface area contributed by atoms with Gasteiger partial charge in [0, 0.05) is 19.8 Å². The summed E-state index contributed by atoms with van der Waals surface area (Å²) in [6, 6.07) is 0. The smallest absolute Gasteiger partial charge is 0.305 e. The summed E-state index contributed by atoms with van der Waals surface area (Å²) in [4.78, 5) is 34.7. The summed E-state index contributed by atoms with van der Waals surface area (Å²) in [6.45, 7) is 5.39. The molecule has 6 nitrogen and oxygen atoms in total. The summed E-state index contributed by atoms with van der Waals surface area (Å²) in [7, 11) is 0. The van der Waals surface area contributed by atoms with E-state index in [4.69, 9.17) is 14.2 Å². The summed E-state index contributed by atoms with van der Waals surface area (Å²) >= 11 is 0. The Morgan fingerprint density at radius 1 is 0.667 bits per heavy atom. The number of rotatable bonds is 17. The van der Waals surface area contributed by atoms with Gasteiger partial charge in [-0.25, -0.2) is 0 Å². The third-order valence-electron chi connectivity index (χ3n) is 4.16. The maximum atomic E-state index is 11.8. The second-order valence-corrected chi connectivity index (χ2v) is 6.93. The van der Waals surface area contributed by atoms with Crippen molar-refractivity contribution in [1.82, 2.24) is 0 Å². The van der Waals surface area contributed by atoms with E-state index in [0.29, 0.717) is 12.8 Å². The molecule has 0 unspecified atom stereocenters. The third kappa shape index (κ3) is 17.6. The van der Waals surface area contributed by atoms with Crippen LogP contribution in [0.25, 0.3) is 0 Å². The van der Waals surface area contributed by atoms with Gasteiger partial charge < -0.3 is 14.2 Å². The highest BCUT2D eigenvalue weighted by molar-refractivity contribution is 5.70. The molecule has 0 atom stereocenters. The fourth-order valence-electron chi connectivity index (χ4n) is 2.61. The number of carbonyl (C=O) groups excluding carboxylic acids is 3. The molecule has 0 saturated heterocycles. The van der Waals surface area contributed by atoms with Crippen LogP contribution in [0.5, 0.6) is 0 Å². The summed E-state index contributed by atoms with van der Waals surface area (Å²) in [5.41, 5.74) is 0. The Morgan fingerprint density at radius 2 is 1.07 bits per heavy atom. The van der Waals surface area contributed by atoms with E-state index in [0.717, 1.165) is 51.4 Å². The van der Waals surface area contributed by atoms with E-state index < -0.39 is 12.1 Å². The molecule has 0 aromatic carbocycles. The average Bonchev–Trinajstić information content (AvgIpc) is 2.63. The predicted molar refractivity (Wildman–Crippen MR) is 104 cm³/mol. The lowest BCUT2D eigenvalue weighted by Crippen LogP contribution is -2.30. The molecule has 0 aromatic heterocycles. The molecular formula is C21H38O6. The van der Waals surface area contributed by atoms with Crippen LogP contribution in [0, 0.1) is 0 Å². The van der Waals surface area contributed by atoms with Crippen molar-refractivity contribution in [1.29, 1.82) is 0 Å². The van der Waals surface area contributed by atoms with Crippen molar-refractivity contribution in [2.24, 2.45) is 0 Å². The molecular weight excluding hydrogens is 348 g/mol. The molecule has 0 aliphatic rings. The number of carbonyl (C=O) groups is 3. The molecule has 0 N–H and O–H groups in total. The highest BCUT2D eigenvalue weighted by atomic mass is 16.6. The van der Waals surface area contributed by atoms with Gasteiger partial charge >= 0.3 is 17.9 Å². The largest absolute Gasteiger partial charge is 0.462 e. The monoisotopic (exact) mass is 386 g/mol. The molecule has 0 fully saturated rings. The SMILES string of the molecule is CCCCCCCC(=O)OCC(COC(=O)CCCCCCC)OC(C)=O. The Morgan fingerprint density at radius 3 is 1.44 bits per heavy atom. The maximum Gasteiger partial charge on any atom is 0.305 e. The normalized spacial score (nSPS) is 10.7. The number of ether oxygens (including phenoxy) is 3. The van der Waals surface area contributed by atoms with Crippen LogP contribution in [0.4, 0.5) is 0 Å². The zero-order chi connectivity index (χ0) is 20.3. The highest BCUT2D eigenvalue weighted by Gasteiger charge is 2.17. The topological polar surface area (TPSA) is 78.9 Å². The van der Waals surface area contributed by atoms with Gasteiger partial charge in [-0.3, -0.25) is 14.4 Å². The van der Waals surface area contributed by atoms with Crippen molar-refractivity contribution in [3.8, 4) is 0 Å². The summed E-state index contributed by atoms with van der Waals surface area (Å²) < 4.78 is 15.4. The first-order valence-corrected chi connectivity index (χ1v) is 10.5.